The van der Waals surface area contributed by atoms with Crippen molar-refractivity contribution < 1.29 is 14.3 Å². The number of ether oxygens (including phenoxy) is 2. The second-order valence-electron chi connectivity index (χ2n) is 7.33. The Morgan fingerprint density at radius 1 is 0.938 bits per heavy atom. The van der Waals surface area contributed by atoms with Gasteiger partial charge in [-0.2, -0.15) is 4.98 Å². The van der Waals surface area contributed by atoms with Gasteiger partial charge < -0.3 is 25.4 Å². The maximum Gasteiger partial charge on any atom is 0.224 e. The quantitative estimate of drug-likeness (QED) is 0.419. The van der Waals surface area contributed by atoms with Crippen LogP contribution in [0.1, 0.15) is 16.8 Å². The minimum Gasteiger partial charge on any atom is -0.497 e. The van der Waals surface area contributed by atoms with Crippen molar-refractivity contribution in [3.05, 3.63) is 65.4 Å². The fourth-order valence-corrected chi connectivity index (χ4v) is 3.21. The van der Waals surface area contributed by atoms with Gasteiger partial charge >= 0.3 is 0 Å². The Balaban J connectivity index is 1.48. The van der Waals surface area contributed by atoms with E-state index in [1.54, 1.807) is 14.2 Å². The van der Waals surface area contributed by atoms with Crippen LogP contribution < -0.4 is 25.4 Å². The highest BCUT2D eigenvalue weighted by atomic mass is 16.5. The Hall–Kier alpha value is -3.81. The summed E-state index contributed by atoms with van der Waals surface area (Å²) in [5.74, 6) is 2.76. The lowest BCUT2D eigenvalue weighted by Crippen LogP contribution is -2.30. The first-order valence-corrected chi connectivity index (χ1v) is 10.4. The molecule has 3 rings (SSSR count). The number of hydrogen-bond donors (Lipinski definition) is 3. The number of benzene rings is 2. The molecule has 8 nitrogen and oxygen atoms in total. The molecule has 0 aliphatic carbocycles. The van der Waals surface area contributed by atoms with Crippen molar-refractivity contribution in [3.8, 4) is 11.5 Å². The van der Waals surface area contributed by atoms with Gasteiger partial charge in [0.25, 0.3) is 0 Å². The Morgan fingerprint density at radius 3 is 2.41 bits per heavy atom. The number of nitrogens with one attached hydrogen (secondary N) is 3. The van der Waals surface area contributed by atoms with Crippen LogP contribution in [0, 0.1) is 13.8 Å². The fourth-order valence-electron chi connectivity index (χ4n) is 3.21. The molecule has 0 saturated carbocycles. The molecule has 0 radical (unpaired) electrons. The molecule has 0 unspecified atom stereocenters. The van der Waals surface area contributed by atoms with Gasteiger partial charge in [0.2, 0.25) is 11.9 Å². The number of aromatic nitrogens is 2. The first-order valence-electron chi connectivity index (χ1n) is 10.4. The van der Waals surface area contributed by atoms with Crippen molar-refractivity contribution >= 4 is 23.4 Å². The van der Waals surface area contributed by atoms with Crippen molar-refractivity contribution in [2.75, 3.05) is 37.9 Å². The van der Waals surface area contributed by atoms with Crippen LogP contribution in [0.5, 0.6) is 11.5 Å². The third-order valence-corrected chi connectivity index (χ3v) is 4.77. The van der Waals surface area contributed by atoms with Gasteiger partial charge in [-0.05, 0) is 55.3 Å². The highest BCUT2D eigenvalue weighted by Gasteiger charge is 2.07. The molecule has 0 bridgehead atoms. The third kappa shape index (κ3) is 6.60. The monoisotopic (exact) mass is 435 g/mol. The van der Waals surface area contributed by atoms with Crippen LogP contribution in [-0.2, 0) is 11.2 Å². The second kappa shape index (κ2) is 11.0. The SMILES string of the molecule is COc1ccc(Nc2cc(C)nc(NCCNC(=O)Cc3ccc(OC)c(C)c3)n2)cc1. The zero-order valence-electron chi connectivity index (χ0n) is 18.9. The van der Waals surface area contributed by atoms with Gasteiger partial charge in [0.05, 0.1) is 20.6 Å². The maximum absolute atomic E-state index is 12.2. The Kier molecular flexibility index (Phi) is 7.85. The average molecular weight is 436 g/mol. The molecular formula is C24H29N5O3. The van der Waals surface area contributed by atoms with Crippen molar-refractivity contribution in [2.24, 2.45) is 0 Å². The van der Waals surface area contributed by atoms with Crippen LogP contribution in [0.3, 0.4) is 0 Å². The molecule has 32 heavy (non-hydrogen) atoms. The van der Waals surface area contributed by atoms with E-state index in [-0.39, 0.29) is 5.91 Å². The molecule has 0 aliphatic heterocycles. The molecule has 168 valence electrons. The lowest BCUT2D eigenvalue weighted by Gasteiger charge is -2.11. The van der Waals surface area contributed by atoms with E-state index in [9.17, 15) is 4.79 Å². The van der Waals surface area contributed by atoms with Crippen LogP contribution in [0.2, 0.25) is 0 Å². The number of anilines is 3. The van der Waals surface area contributed by atoms with E-state index in [1.807, 2.05) is 62.4 Å². The molecule has 0 atom stereocenters. The van der Waals surface area contributed by atoms with Crippen LogP contribution in [0.4, 0.5) is 17.5 Å². The molecule has 2 aromatic carbocycles. The van der Waals surface area contributed by atoms with Gasteiger partial charge in [-0.1, -0.05) is 12.1 Å². The summed E-state index contributed by atoms with van der Waals surface area (Å²) in [6.07, 6.45) is 0.321. The minimum atomic E-state index is -0.0385. The number of hydrogen-bond acceptors (Lipinski definition) is 7. The van der Waals surface area contributed by atoms with Crippen molar-refractivity contribution in [3.63, 3.8) is 0 Å². The van der Waals surface area contributed by atoms with Crippen molar-refractivity contribution in [1.82, 2.24) is 15.3 Å². The molecule has 3 N–H and O–H groups in total. The van der Waals surface area contributed by atoms with Gasteiger partial charge in [0.1, 0.15) is 17.3 Å². The first-order chi connectivity index (χ1) is 15.5. The second-order valence-corrected chi connectivity index (χ2v) is 7.33. The highest BCUT2D eigenvalue weighted by molar-refractivity contribution is 5.78. The van der Waals surface area contributed by atoms with Crippen LogP contribution in [-0.4, -0.2) is 43.2 Å². The molecular weight excluding hydrogens is 406 g/mol. The highest BCUT2D eigenvalue weighted by Crippen LogP contribution is 2.20. The largest absolute Gasteiger partial charge is 0.497 e. The summed E-state index contributed by atoms with van der Waals surface area (Å²) in [7, 11) is 3.27. The summed E-state index contributed by atoms with van der Waals surface area (Å²) in [5.41, 5.74) is 3.69. The predicted molar refractivity (Wildman–Crippen MR) is 126 cm³/mol. The molecule has 3 aromatic rings. The number of aryl methyl sites for hydroxylation is 2. The van der Waals surface area contributed by atoms with Gasteiger partial charge in [0, 0.05) is 30.5 Å². The minimum absolute atomic E-state index is 0.0385. The van der Waals surface area contributed by atoms with Gasteiger partial charge in [-0.3, -0.25) is 4.79 Å². The summed E-state index contributed by atoms with van der Waals surface area (Å²) in [4.78, 5) is 21.1. The molecule has 0 fully saturated rings. The Labute approximate surface area is 188 Å². The smallest absolute Gasteiger partial charge is 0.224 e. The Bertz CT molecular complexity index is 1050. The van der Waals surface area contributed by atoms with Crippen LogP contribution in [0.25, 0.3) is 0 Å². The van der Waals surface area contributed by atoms with E-state index in [2.05, 4.69) is 25.9 Å². The fraction of sp³-hybridized carbons (Fsp3) is 0.292. The topological polar surface area (TPSA) is 97.4 Å². The van der Waals surface area contributed by atoms with Crippen molar-refractivity contribution in [2.45, 2.75) is 20.3 Å². The van der Waals surface area contributed by atoms with E-state index in [0.29, 0.717) is 31.3 Å². The zero-order chi connectivity index (χ0) is 22.9. The van der Waals surface area contributed by atoms with Gasteiger partial charge in [-0.25, -0.2) is 4.98 Å². The summed E-state index contributed by atoms with van der Waals surface area (Å²) >= 11 is 0. The molecule has 0 aliphatic rings. The number of methoxy groups -OCH3 is 2. The molecule has 0 saturated heterocycles. The van der Waals surface area contributed by atoms with E-state index in [0.717, 1.165) is 34.0 Å². The lowest BCUT2D eigenvalue weighted by molar-refractivity contribution is -0.120. The van der Waals surface area contributed by atoms with Gasteiger partial charge in [-0.15, -0.1) is 0 Å². The molecule has 1 aromatic heterocycles. The average Bonchev–Trinajstić information content (AvgIpc) is 2.77. The number of carbonyl (C=O) groups excluding carboxylic acids is 1. The summed E-state index contributed by atoms with van der Waals surface area (Å²) in [6.45, 7) is 4.85. The van der Waals surface area contributed by atoms with E-state index >= 15 is 0 Å². The van der Waals surface area contributed by atoms with E-state index in [1.165, 1.54) is 0 Å². The number of amides is 1. The Morgan fingerprint density at radius 2 is 1.72 bits per heavy atom. The van der Waals surface area contributed by atoms with E-state index < -0.39 is 0 Å². The molecule has 1 heterocycles. The predicted octanol–water partition coefficient (Wildman–Crippen LogP) is 3.63. The normalized spacial score (nSPS) is 10.4. The molecule has 1 amide bonds. The van der Waals surface area contributed by atoms with Gasteiger partial charge in [0.15, 0.2) is 0 Å². The number of nitrogens with zero attached hydrogens (tertiary/aromatic N) is 2. The maximum atomic E-state index is 12.2. The van der Waals surface area contributed by atoms with Crippen LogP contribution >= 0.6 is 0 Å². The molecule has 0 spiro atoms. The van der Waals surface area contributed by atoms with Crippen LogP contribution in [0.15, 0.2) is 48.5 Å². The third-order valence-electron chi connectivity index (χ3n) is 4.77. The first kappa shape index (κ1) is 22.9. The zero-order valence-corrected chi connectivity index (χ0v) is 18.9. The number of carbonyl (C=O) groups is 1. The number of rotatable bonds is 10. The molecule has 8 heteroatoms. The summed E-state index contributed by atoms with van der Waals surface area (Å²) in [6, 6.07) is 15.2. The standard InChI is InChI=1S/C24H29N5O3/c1-16-13-18(5-10-21(16)32-4)15-23(30)25-11-12-26-24-27-17(2)14-22(29-24)28-19-6-8-20(31-3)9-7-19/h5-10,13-14H,11-12,15H2,1-4H3,(H,25,30)(H2,26,27,28,29). The lowest BCUT2D eigenvalue weighted by atomic mass is 10.1. The van der Waals surface area contributed by atoms with Crippen molar-refractivity contribution in [1.29, 1.82) is 0 Å². The summed E-state index contributed by atoms with van der Waals surface area (Å²) < 4.78 is 10.4. The summed E-state index contributed by atoms with van der Waals surface area (Å²) in [5, 5.41) is 9.33. The van der Waals surface area contributed by atoms with E-state index in [4.69, 9.17) is 9.47 Å².